The molecule has 0 spiro atoms. The van der Waals surface area contributed by atoms with Crippen LogP contribution in [0, 0.1) is 5.82 Å². The smallest absolute Gasteiger partial charge is 0.328 e. The number of carbonyl (C=O) groups is 1. The van der Waals surface area contributed by atoms with Gasteiger partial charge in [-0.1, -0.05) is 29.3 Å². The first-order chi connectivity index (χ1) is 16.3. The number of halogens is 6. The van der Waals surface area contributed by atoms with E-state index in [-0.39, 0.29) is 30.4 Å². The number of ketones is 1. The van der Waals surface area contributed by atoms with Gasteiger partial charge in [-0.3, -0.25) is 8.98 Å². The quantitative estimate of drug-likeness (QED) is 0.192. The summed E-state index contributed by atoms with van der Waals surface area (Å²) in [5, 5.41) is 0.558. The van der Waals surface area contributed by atoms with E-state index in [2.05, 4.69) is 4.98 Å². The normalized spacial score (nSPS) is 13.1. The summed E-state index contributed by atoms with van der Waals surface area (Å²) < 4.78 is 81.9. The van der Waals surface area contributed by atoms with Crippen molar-refractivity contribution in [1.29, 1.82) is 0 Å². The molecular formula is C22H18Cl2F4N2O4S. The van der Waals surface area contributed by atoms with Crippen molar-refractivity contribution in [2.24, 2.45) is 0 Å². The molecule has 35 heavy (non-hydrogen) atoms. The second-order valence-electron chi connectivity index (χ2n) is 7.61. The zero-order chi connectivity index (χ0) is 26.0. The molecule has 1 heterocycles. The Kier molecular flexibility index (Phi) is 8.25. The van der Waals surface area contributed by atoms with E-state index in [1.54, 1.807) is 18.2 Å². The van der Waals surface area contributed by atoms with Crippen molar-refractivity contribution in [1.82, 2.24) is 9.55 Å². The van der Waals surface area contributed by atoms with Gasteiger partial charge >= 0.3 is 6.18 Å². The van der Waals surface area contributed by atoms with E-state index in [1.165, 1.54) is 17.0 Å². The molecule has 1 unspecified atom stereocenters. The highest BCUT2D eigenvalue weighted by atomic mass is 35.5. The highest BCUT2D eigenvalue weighted by Gasteiger charge is 2.35. The summed E-state index contributed by atoms with van der Waals surface area (Å²) in [5.74, 6) is -2.96. The average Bonchev–Trinajstić information content (AvgIpc) is 3.21. The topological polar surface area (TPSA) is 78.3 Å². The zero-order valence-corrected chi connectivity index (χ0v) is 20.3. The molecule has 0 bridgehead atoms. The van der Waals surface area contributed by atoms with Crippen LogP contribution in [0.3, 0.4) is 0 Å². The van der Waals surface area contributed by atoms with Crippen molar-refractivity contribution in [2.75, 3.05) is 12.9 Å². The maximum atomic E-state index is 13.6. The Morgan fingerprint density at radius 3 is 2.49 bits per heavy atom. The minimum absolute atomic E-state index is 0.0828. The fourth-order valence-corrected chi connectivity index (χ4v) is 4.09. The van der Waals surface area contributed by atoms with Crippen molar-refractivity contribution in [2.45, 2.75) is 25.1 Å². The average molecular weight is 553 g/mol. The molecule has 0 saturated heterocycles. The van der Waals surface area contributed by atoms with Crippen molar-refractivity contribution in [3.05, 3.63) is 87.2 Å². The third-order valence-corrected chi connectivity index (χ3v) is 6.38. The Labute approximate surface area is 208 Å². The molecule has 188 valence electrons. The van der Waals surface area contributed by atoms with Gasteiger partial charge in [0.1, 0.15) is 5.82 Å². The molecule has 0 N–H and O–H groups in total. The van der Waals surface area contributed by atoms with Gasteiger partial charge in [0.25, 0.3) is 10.1 Å². The van der Waals surface area contributed by atoms with Crippen LogP contribution in [0.4, 0.5) is 17.6 Å². The Balaban J connectivity index is 1.92. The van der Waals surface area contributed by atoms with E-state index in [4.69, 9.17) is 27.4 Å². The SMILES string of the molecule is CS(=O)(=O)OCCC(Cn1ccnc1C(=O)c1ccc(F)c(C(F)(F)F)c1)c1ccc(Cl)c(Cl)c1. The van der Waals surface area contributed by atoms with Crippen LogP contribution in [-0.4, -0.2) is 36.6 Å². The highest BCUT2D eigenvalue weighted by molar-refractivity contribution is 7.85. The van der Waals surface area contributed by atoms with Crippen LogP contribution in [0.1, 0.15) is 39.6 Å². The molecule has 3 aromatic rings. The van der Waals surface area contributed by atoms with Gasteiger partial charge in [-0.2, -0.15) is 21.6 Å². The van der Waals surface area contributed by atoms with Gasteiger partial charge < -0.3 is 4.57 Å². The number of aromatic nitrogens is 2. The Bertz CT molecular complexity index is 1340. The van der Waals surface area contributed by atoms with Crippen molar-refractivity contribution >= 4 is 39.1 Å². The minimum atomic E-state index is -4.98. The zero-order valence-electron chi connectivity index (χ0n) is 18.0. The van der Waals surface area contributed by atoms with Gasteiger partial charge in [0, 0.05) is 30.4 Å². The number of rotatable bonds is 9. The molecule has 6 nitrogen and oxygen atoms in total. The fraction of sp³-hybridized carbons (Fsp3) is 0.273. The maximum absolute atomic E-state index is 13.6. The van der Waals surface area contributed by atoms with Crippen LogP contribution in [-0.2, 0) is 27.0 Å². The number of nitrogens with zero attached hydrogens (tertiary/aromatic N) is 2. The largest absolute Gasteiger partial charge is 0.419 e. The first-order valence-electron chi connectivity index (χ1n) is 9.98. The van der Waals surface area contributed by atoms with Gasteiger partial charge in [0.15, 0.2) is 5.82 Å². The van der Waals surface area contributed by atoms with E-state index < -0.39 is 44.9 Å². The van der Waals surface area contributed by atoms with Gasteiger partial charge in [-0.05, 0) is 42.3 Å². The van der Waals surface area contributed by atoms with Gasteiger partial charge in [0.2, 0.25) is 5.78 Å². The van der Waals surface area contributed by atoms with E-state index in [1.807, 2.05) is 0 Å². The number of alkyl halides is 3. The van der Waals surface area contributed by atoms with Crippen molar-refractivity contribution in [3.8, 4) is 0 Å². The van der Waals surface area contributed by atoms with Crippen LogP contribution in [0.25, 0.3) is 0 Å². The molecular weight excluding hydrogens is 535 g/mol. The third-order valence-electron chi connectivity index (χ3n) is 5.05. The Morgan fingerprint density at radius 2 is 1.86 bits per heavy atom. The van der Waals surface area contributed by atoms with Crippen LogP contribution < -0.4 is 0 Å². The summed E-state index contributed by atoms with van der Waals surface area (Å²) in [5.41, 5.74) is -1.30. The van der Waals surface area contributed by atoms with Crippen LogP contribution in [0.5, 0.6) is 0 Å². The molecule has 1 aromatic heterocycles. The van der Waals surface area contributed by atoms with Crippen LogP contribution >= 0.6 is 23.2 Å². The first-order valence-corrected chi connectivity index (χ1v) is 12.6. The number of benzene rings is 2. The van der Waals surface area contributed by atoms with E-state index in [9.17, 15) is 30.8 Å². The number of carbonyl (C=O) groups excluding carboxylic acids is 1. The monoisotopic (exact) mass is 552 g/mol. The number of imidazole rings is 1. The van der Waals surface area contributed by atoms with E-state index >= 15 is 0 Å². The summed E-state index contributed by atoms with van der Waals surface area (Å²) in [4.78, 5) is 16.9. The molecule has 0 fully saturated rings. The Hall–Kier alpha value is -2.47. The lowest BCUT2D eigenvalue weighted by molar-refractivity contribution is -0.140. The molecule has 2 aromatic carbocycles. The maximum Gasteiger partial charge on any atom is 0.419 e. The molecule has 0 aliphatic rings. The van der Waals surface area contributed by atoms with Crippen LogP contribution in [0.2, 0.25) is 10.0 Å². The first kappa shape index (κ1) is 27.1. The molecule has 0 saturated carbocycles. The predicted molar refractivity (Wildman–Crippen MR) is 122 cm³/mol. The lowest BCUT2D eigenvalue weighted by Crippen LogP contribution is -2.18. The number of hydrogen-bond donors (Lipinski definition) is 0. The van der Waals surface area contributed by atoms with Crippen molar-refractivity contribution < 1.29 is 35.0 Å². The Morgan fingerprint density at radius 1 is 1.14 bits per heavy atom. The molecule has 1 atom stereocenters. The second kappa shape index (κ2) is 10.7. The summed E-state index contributed by atoms with van der Waals surface area (Å²) >= 11 is 12.1. The van der Waals surface area contributed by atoms with Gasteiger partial charge in [-0.15, -0.1) is 0 Å². The molecule has 0 amide bonds. The summed E-state index contributed by atoms with van der Waals surface area (Å²) in [6, 6.07) is 6.77. The summed E-state index contributed by atoms with van der Waals surface area (Å²) in [6.45, 7) is -0.0892. The molecule has 3 rings (SSSR count). The second-order valence-corrected chi connectivity index (χ2v) is 10.1. The van der Waals surface area contributed by atoms with Crippen LogP contribution in [0.15, 0.2) is 48.8 Å². The molecule has 0 aliphatic carbocycles. The minimum Gasteiger partial charge on any atom is -0.328 e. The number of hydrogen-bond acceptors (Lipinski definition) is 5. The van der Waals surface area contributed by atoms with E-state index in [0.29, 0.717) is 22.7 Å². The summed E-state index contributed by atoms with van der Waals surface area (Å²) in [6.07, 6.45) is -1.14. The molecule has 0 aliphatic heterocycles. The molecule has 13 heteroatoms. The third kappa shape index (κ3) is 7.03. The standard InChI is InChI=1S/C22H18Cl2F4N2O4S/c1-35(32,33)34-9-6-15(13-2-4-17(23)18(24)11-13)12-30-8-7-29-21(30)20(31)14-3-5-19(25)16(10-14)22(26,27)28/h2-5,7-8,10-11,15H,6,9,12H2,1H3. The highest BCUT2D eigenvalue weighted by Crippen LogP contribution is 2.33. The lowest BCUT2D eigenvalue weighted by atomic mass is 9.95. The predicted octanol–water partition coefficient (Wildman–Crippen LogP) is 5.73. The fourth-order valence-electron chi connectivity index (χ4n) is 3.39. The van der Waals surface area contributed by atoms with Gasteiger partial charge in [0.05, 0.1) is 28.5 Å². The van der Waals surface area contributed by atoms with Gasteiger partial charge in [-0.25, -0.2) is 9.37 Å². The van der Waals surface area contributed by atoms with Crippen molar-refractivity contribution in [3.63, 3.8) is 0 Å². The van der Waals surface area contributed by atoms with E-state index in [0.717, 1.165) is 12.3 Å². The lowest BCUT2D eigenvalue weighted by Gasteiger charge is -2.20. The summed E-state index contributed by atoms with van der Waals surface area (Å²) in [7, 11) is -3.70. The molecule has 0 radical (unpaired) electrons.